The van der Waals surface area contributed by atoms with Gasteiger partial charge >= 0.3 is 0 Å². The Hall–Kier alpha value is -1.54. The van der Waals surface area contributed by atoms with E-state index in [1.807, 2.05) is 6.26 Å². The van der Waals surface area contributed by atoms with Gasteiger partial charge in [-0.05, 0) is 42.1 Å². The highest BCUT2D eigenvalue weighted by Gasteiger charge is 2.32. The minimum Gasteiger partial charge on any atom is -0.472 e. The van der Waals surface area contributed by atoms with Gasteiger partial charge in [-0.1, -0.05) is 31.2 Å². The lowest BCUT2D eigenvalue weighted by molar-refractivity contribution is 0.403. The summed E-state index contributed by atoms with van der Waals surface area (Å²) in [7, 11) is 0. The molecule has 0 radical (unpaired) electrons. The second kappa shape index (κ2) is 4.99. The van der Waals surface area contributed by atoms with Crippen molar-refractivity contribution in [1.29, 1.82) is 0 Å². The second-order valence-corrected chi connectivity index (χ2v) is 5.01. The van der Waals surface area contributed by atoms with Gasteiger partial charge in [0.25, 0.3) is 0 Å². The Morgan fingerprint density at radius 3 is 2.94 bits per heavy atom. The van der Waals surface area contributed by atoms with E-state index in [0.717, 1.165) is 13.0 Å². The van der Waals surface area contributed by atoms with Crippen LogP contribution >= 0.6 is 0 Å². The molecule has 2 aromatic rings. The van der Waals surface area contributed by atoms with Crippen LogP contribution in [-0.2, 0) is 12.8 Å². The zero-order chi connectivity index (χ0) is 12.4. The monoisotopic (exact) mass is 241 g/mol. The zero-order valence-electron chi connectivity index (χ0n) is 10.7. The van der Waals surface area contributed by atoms with Crippen LogP contribution in [0.5, 0.6) is 0 Å². The molecule has 2 heteroatoms. The molecular formula is C16H19NO. The predicted molar refractivity (Wildman–Crippen MR) is 72.8 cm³/mol. The van der Waals surface area contributed by atoms with Crippen molar-refractivity contribution in [2.45, 2.75) is 31.7 Å². The Kier molecular flexibility index (Phi) is 3.20. The molecule has 1 heterocycles. The lowest BCUT2D eigenvalue weighted by Gasteiger charge is -2.37. The van der Waals surface area contributed by atoms with Crippen LogP contribution < -0.4 is 5.32 Å². The summed E-state index contributed by atoms with van der Waals surface area (Å²) in [6, 6.07) is 11.4. The molecule has 0 fully saturated rings. The minimum atomic E-state index is 0.516. The van der Waals surface area contributed by atoms with Gasteiger partial charge in [-0.25, -0.2) is 0 Å². The van der Waals surface area contributed by atoms with E-state index < -0.39 is 0 Å². The number of furan rings is 1. The molecule has 1 aromatic carbocycles. The molecule has 18 heavy (non-hydrogen) atoms. The highest BCUT2D eigenvalue weighted by molar-refractivity contribution is 5.41. The number of nitrogens with one attached hydrogen (secondary N) is 1. The highest BCUT2D eigenvalue weighted by Crippen LogP contribution is 2.38. The van der Waals surface area contributed by atoms with Gasteiger partial charge in [0, 0.05) is 12.0 Å². The maximum absolute atomic E-state index is 5.17. The standard InChI is InChI=1S/C16H19NO/c1-2-17-16(9-12-7-8-18-11-12)15-10-13-5-3-4-6-14(13)15/h3-8,11,15-17H,2,9-10H2,1H3. The molecule has 0 saturated carbocycles. The average Bonchev–Trinajstić information content (AvgIpc) is 2.84. The Bertz CT molecular complexity index is 504. The maximum Gasteiger partial charge on any atom is 0.0935 e. The quantitative estimate of drug-likeness (QED) is 0.870. The first-order valence-corrected chi connectivity index (χ1v) is 6.70. The number of likely N-dealkylation sites (N-methyl/N-ethyl adjacent to an activating group) is 1. The van der Waals surface area contributed by atoms with Gasteiger partial charge in [-0.3, -0.25) is 0 Å². The molecular weight excluding hydrogens is 222 g/mol. The third-order valence-electron chi connectivity index (χ3n) is 3.88. The summed E-state index contributed by atoms with van der Waals surface area (Å²) in [5.74, 6) is 0.649. The summed E-state index contributed by atoms with van der Waals surface area (Å²) < 4.78 is 5.17. The normalized spacial score (nSPS) is 19.1. The summed E-state index contributed by atoms with van der Waals surface area (Å²) in [4.78, 5) is 0. The van der Waals surface area contributed by atoms with Crippen LogP contribution in [0, 0.1) is 0 Å². The van der Waals surface area contributed by atoms with E-state index in [1.54, 1.807) is 6.26 Å². The fourth-order valence-corrected chi connectivity index (χ4v) is 2.94. The molecule has 1 N–H and O–H groups in total. The first-order chi connectivity index (χ1) is 8.88. The number of fused-ring (bicyclic) bond motifs is 1. The highest BCUT2D eigenvalue weighted by atomic mass is 16.3. The van der Waals surface area contributed by atoms with Crippen molar-refractivity contribution in [3.05, 3.63) is 59.5 Å². The summed E-state index contributed by atoms with van der Waals surface area (Å²) in [5.41, 5.74) is 4.31. The summed E-state index contributed by atoms with van der Waals surface area (Å²) in [5, 5.41) is 3.62. The van der Waals surface area contributed by atoms with Crippen LogP contribution in [0.2, 0.25) is 0 Å². The van der Waals surface area contributed by atoms with E-state index in [0.29, 0.717) is 12.0 Å². The van der Waals surface area contributed by atoms with Crippen molar-refractivity contribution in [1.82, 2.24) is 5.32 Å². The van der Waals surface area contributed by atoms with Crippen LogP contribution in [-0.4, -0.2) is 12.6 Å². The van der Waals surface area contributed by atoms with Gasteiger partial charge in [0.1, 0.15) is 0 Å². The van der Waals surface area contributed by atoms with Gasteiger partial charge in [-0.15, -0.1) is 0 Å². The fraction of sp³-hybridized carbons (Fsp3) is 0.375. The number of benzene rings is 1. The number of hydrogen-bond acceptors (Lipinski definition) is 2. The van der Waals surface area contributed by atoms with Crippen LogP contribution in [0.4, 0.5) is 0 Å². The Morgan fingerprint density at radius 1 is 1.33 bits per heavy atom. The average molecular weight is 241 g/mol. The molecule has 0 saturated heterocycles. The summed E-state index contributed by atoms with van der Waals surface area (Å²) in [6.45, 7) is 3.19. The first kappa shape index (κ1) is 11.5. The number of hydrogen-bond donors (Lipinski definition) is 1. The Balaban J connectivity index is 1.76. The van der Waals surface area contributed by atoms with Crippen molar-refractivity contribution in [2.75, 3.05) is 6.54 Å². The lowest BCUT2D eigenvalue weighted by atomic mass is 9.72. The minimum absolute atomic E-state index is 0.516. The molecule has 0 aliphatic heterocycles. The van der Waals surface area contributed by atoms with E-state index in [4.69, 9.17) is 4.42 Å². The van der Waals surface area contributed by atoms with Crippen molar-refractivity contribution >= 4 is 0 Å². The van der Waals surface area contributed by atoms with Gasteiger partial charge in [0.05, 0.1) is 12.5 Å². The maximum atomic E-state index is 5.17. The fourth-order valence-electron chi connectivity index (χ4n) is 2.94. The van der Waals surface area contributed by atoms with E-state index in [1.165, 1.54) is 23.1 Å². The first-order valence-electron chi connectivity index (χ1n) is 6.70. The smallest absolute Gasteiger partial charge is 0.0935 e. The van der Waals surface area contributed by atoms with E-state index in [9.17, 15) is 0 Å². The SMILES string of the molecule is CCNC(Cc1ccoc1)C1Cc2ccccc21. The molecule has 0 bridgehead atoms. The molecule has 3 rings (SSSR count). The van der Waals surface area contributed by atoms with E-state index >= 15 is 0 Å². The zero-order valence-corrected chi connectivity index (χ0v) is 10.7. The molecule has 2 nitrogen and oxygen atoms in total. The lowest BCUT2D eigenvalue weighted by Crippen LogP contribution is -2.41. The largest absolute Gasteiger partial charge is 0.472 e. The molecule has 0 amide bonds. The molecule has 1 aromatic heterocycles. The van der Waals surface area contributed by atoms with Gasteiger partial charge < -0.3 is 9.73 Å². The Morgan fingerprint density at radius 2 is 2.22 bits per heavy atom. The summed E-state index contributed by atoms with van der Waals surface area (Å²) in [6.07, 6.45) is 5.86. The third-order valence-corrected chi connectivity index (χ3v) is 3.88. The molecule has 2 unspecified atom stereocenters. The van der Waals surface area contributed by atoms with Crippen LogP contribution in [0.15, 0.2) is 47.3 Å². The van der Waals surface area contributed by atoms with Crippen molar-refractivity contribution in [2.24, 2.45) is 0 Å². The topological polar surface area (TPSA) is 25.2 Å². The molecule has 1 aliphatic carbocycles. The van der Waals surface area contributed by atoms with Crippen molar-refractivity contribution in [3.63, 3.8) is 0 Å². The predicted octanol–water partition coefficient (Wildman–Crippen LogP) is 3.14. The molecule has 94 valence electrons. The van der Waals surface area contributed by atoms with Crippen LogP contribution in [0.1, 0.15) is 29.5 Å². The molecule has 2 atom stereocenters. The van der Waals surface area contributed by atoms with E-state index in [2.05, 4.69) is 42.6 Å². The van der Waals surface area contributed by atoms with Gasteiger partial charge in [0.15, 0.2) is 0 Å². The van der Waals surface area contributed by atoms with E-state index in [-0.39, 0.29) is 0 Å². The van der Waals surface area contributed by atoms with Gasteiger partial charge in [0.2, 0.25) is 0 Å². The van der Waals surface area contributed by atoms with Gasteiger partial charge in [-0.2, -0.15) is 0 Å². The second-order valence-electron chi connectivity index (χ2n) is 5.01. The van der Waals surface area contributed by atoms with Crippen molar-refractivity contribution < 1.29 is 4.42 Å². The van der Waals surface area contributed by atoms with Crippen LogP contribution in [0.3, 0.4) is 0 Å². The molecule has 0 spiro atoms. The molecule has 1 aliphatic rings. The third kappa shape index (κ3) is 2.08. The van der Waals surface area contributed by atoms with Crippen LogP contribution in [0.25, 0.3) is 0 Å². The Labute approximate surface area is 108 Å². The number of rotatable bonds is 5. The van der Waals surface area contributed by atoms with Crippen molar-refractivity contribution in [3.8, 4) is 0 Å². The summed E-state index contributed by atoms with van der Waals surface area (Å²) >= 11 is 0.